The number of rotatable bonds is 3. The molecule has 17 heavy (non-hydrogen) atoms. The highest BCUT2D eigenvalue weighted by Crippen LogP contribution is 2.32. The van der Waals surface area contributed by atoms with E-state index in [0.29, 0.717) is 0 Å². The smallest absolute Gasteiger partial charge is 0.0143 e. The van der Waals surface area contributed by atoms with Crippen LogP contribution in [0.2, 0.25) is 0 Å². The molecule has 0 nitrogen and oxygen atoms in total. The van der Waals surface area contributed by atoms with Gasteiger partial charge in [-0.1, -0.05) is 56.5 Å². The van der Waals surface area contributed by atoms with E-state index in [9.17, 15) is 0 Å². The van der Waals surface area contributed by atoms with Crippen molar-refractivity contribution < 1.29 is 0 Å². The van der Waals surface area contributed by atoms with Crippen molar-refractivity contribution in [2.75, 3.05) is 0 Å². The second-order valence-corrected chi connectivity index (χ2v) is 4.24. The first-order chi connectivity index (χ1) is 8.24. The molecule has 86 valence electrons. The summed E-state index contributed by atoms with van der Waals surface area (Å²) in [5, 5.41) is 2.66. The molecule has 0 aliphatic heterocycles. The van der Waals surface area contributed by atoms with E-state index >= 15 is 0 Å². The molecule has 0 amide bonds. The summed E-state index contributed by atoms with van der Waals surface area (Å²) in [6, 6.07) is 8.57. The summed E-state index contributed by atoms with van der Waals surface area (Å²) < 4.78 is 0. The highest BCUT2D eigenvalue weighted by Gasteiger charge is 2.11. The first kappa shape index (κ1) is 11.7. The van der Waals surface area contributed by atoms with Crippen LogP contribution in [0.5, 0.6) is 0 Å². The Balaban J connectivity index is 3.03. The maximum absolute atomic E-state index is 3.95. The Morgan fingerprint density at radius 2 is 1.59 bits per heavy atom. The van der Waals surface area contributed by atoms with Gasteiger partial charge in [0.05, 0.1) is 0 Å². The van der Waals surface area contributed by atoms with Crippen molar-refractivity contribution in [2.24, 2.45) is 0 Å². The summed E-state index contributed by atoms with van der Waals surface area (Å²) in [5.41, 5.74) is 5.12. The number of aryl methyl sites for hydroxylation is 2. The van der Waals surface area contributed by atoms with E-state index in [1.165, 1.54) is 33.0 Å². The van der Waals surface area contributed by atoms with Gasteiger partial charge in [0, 0.05) is 0 Å². The van der Waals surface area contributed by atoms with Crippen molar-refractivity contribution in [3.8, 4) is 0 Å². The van der Waals surface area contributed by atoms with Gasteiger partial charge in [0.2, 0.25) is 0 Å². The summed E-state index contributed by atoms with van der Waals surface area (Å²) in [7, 11) is 0. The fourth-order valence-electron chi connectivity index (χ4n) is 2.61. The van der Waals surface area contributed by atoms with Crippen LogP contribution in [-0.4, -0.2) is 0 Å². The maximum Gasteiger partial charge on any atom is -0.0143 e. The molecule has 0 fully saturated rings. The average Bonchev–Trinajstić information content (AvgIpc) is 2.38. The van der Waals surface area contributed by atoms with Crippen molar-refractivity contribution in [2.45, 2.75) is 20.3 Å². The number of hydrogen-bond donors (Lipinski definition) is 0. The van der Waals surface area contributed by atoms with Gasteiger partial charge in [0.1, 0.15) is 0 Å². The first-order valence-corrected chi connectivity index (χ1v) is 6.03. The standard InChI is InChI=1S/C17H18/c1-5-13-12(4)16-10-8-9-11-17(16)15(7-3)14(13)6-2/h5-6,8-11H,1-2,7H2,3-4H3. The normalized spacial score (nSPS) is 10.5. The third-order valence-electron chi connectivity index (χ3n) is 3.44. The molecule has 0 saturated carbocycles. The Morgan fingerprint density at radius 1 is 1.00 bits per heavy atom. The molecule has 0 aliphatic carbocycles. The van der Waals surface area contributed by atoms with Crippen LogP contribution in [0, 0.1) is 6.92 Å². The van der Waals surface area contributed by atoms with Crippen LogP contribution < -0.4 is 0 Å². The summed E-state index contributed by atoms with van der Waals surface area (Å²) >= 11 is 0. The van der Waals surface area contributed by atoms with Gasteiger partial charge in [-0.05, 0) is 46.4 Å². The minimum atomic E-state index is 1.02. The van der Waals surface area contributed by atoms with E-state index in [1.54, 1.807) is 0 Å². The molecule has 0 unspecified atom stereocenters. The Morgan fingerprint density at radius 3 is 2.12 bits per heavy atom. The first-order valence-electron chi connectivity index (χ1n) is 6.03. The lowest BCUT2D eigenvalue weighted by atomic mass is 9.88. The zero-order valence-corrected chi connectivity index (χ0v) is 10.6. The quantitative estimate of drug-likeness (QED) is 0.685. The van der Waals surface area contributed by atoms with Crippen LogP contribution in [0.15, 0.2) is 37.4 Å². The van der Waals surface area contributed by atoms with Gasteiger partial charge in [-0.3, -0.25) is 0 Å². The largest absolute Gasteiger partial charge is 0.0984 e. The van der Waals surface area contributed by atoms with E-state index in [0.717, 1.165) is 6.42 Å². The Kier molecular flexibility index (Phi) is 3.14. The van der Waals surface area contributed by atoms with E-state index in [2.05, 4.69) is 51.3 Å². The molecule has 0 radical (unpaired) electrons. The van der Waals surface area contributed by atoms with Crippen molar-refractivity contribution in [3.63, 3.8) is 0 Å². The molecule has 0 N–H and O–H groups in total. The number of fused-ring (bicyclic) bond motifs is 1. The van der Waals surface area contributed by atoms with Crippen molar-refractivity contribution in [1.82, 2.24) is 0 Å². The van der Waals surface area contributed by atoms with Gasteiger partial charge in [0.25, 0.3) is 0 Å². The predicted octanol–water partition coefficient (Wildman–Crippen LogP) is 5.00. The molecule has 0 heteroatoms. The molecular formula is C17H18. The summed E-state index contributed by atoms with van der Waals surface area (Å²) in [4.78, 5) is 0. The fourth-order valence-corrected chi connectivity index (χ4v) is 2.61. The molecule has 0 aromatic heterocycles. The van der Waals surface area contributed by atoms with Gasteiger partial charge >= 0.3 is 0 Å². The molecular weight excluding hydrogens is 204 g/mol. The SMILES string of the molecule is C=Cc1c(C=C)c(CC)c2ccccc2c1C. The molecule has 0 heterocycles. The summed E-state index contributed by atoms with van der Waals surface area (Å²) in [6.07, 6.45) is 4.91. The third-order valence-corrected chi connectivity index (χ3v) is 3.44. The van der Waals surface area contributed by atoms with Gasteiger partial charge < -0.3 is 0 Å². The molecule has 0 saturated heterocycles. The molecule has 0 aliphatic rings. The molecule has 0 atom stereocenters. The third kappa shape index (κ3) is 1.70. The number of benzene rings is 2. The average molecular weight is 222 g/mol. The van der Waals surface area contributed by atoms with Crippen molar-refractivity contribution >= 4 is 22.9 Å². The summed E-state index contributed by atoms with van der Waals surface area (Å²) in [5.74, 6) is 0. The molecule has 0 bridgehead atoms. The zero-order chi connectivity index (χ0) is 12.4. The molecule has 0 spiro atoms. The lowest BCUT2D eigenvalue weighted by Gasteiger charge is -2.16. The minimum Gasteiger partial charge on any atom is -0.0984 e. The van der Waals surface area contributed by atoms with Crippen LogP contribution >= 0.6 is 0 Å². The minimum absolute atomic E-state index is 1.02. The van der Waals surface area contributed by atoms with Crippen molar-refractivity contribution in [1.29, 1.82) is 0 Å². The Hall–Kier alpha value is -1.82. The van der Waals surface area contributed by atoms with Crippen LogP contribution in [0.4, 0.5) is 0 Å². The van der Waals surface area contributed by atoms with E-state index in [4.69, 9.17) is 0 Å². The van der Waals surface area contributed by atoms with Crippen molar-refractivity contribution in [3.05, 3.63) is 59.7 Å². The second-order valence-electron chi connectivity index (χ2n) is 4.24. The Bertz CT molecular complexity index is 589. The van der Waals surface area contributed by atoms with Crippen LogP contribution in [0.3, 0.4) is 0 Å². The predicted molar refractivity (Wildman–Crippen MR) is 78.2 cm³/mol. The molecule has 2 aromatic rings. The molecule has 2 aromatic carbocycles. The van der Waals surface area contributed by atoms with E-state index < -0.39 is 0 Å². The van der Waals surface area contributed by atoms with Gasteiger partial charge in [0.15, 0.2) is 0 Å². The van der Waals surface area contributed by atoms with Crippen LogP contribution in [0.1, 0.15) is 29.2 Å². The maximum atomic E-state index is 3.95. The number of hydrogen-bond acceptors (Lipinski definition) is 0. The highest BCUT2D eigenvalue weighted by atomic mass is 14.2. The van der Waals surface area contributed by atoms with Crippen LogP contribution in [0.25, 0.3) is 22.9 Å². The lowest BCUT2D eigenvalue weighted by Crippen LogP contribution is -1.96. The van der Waals surface area contributed by atoms with Crippen LogP contribution in [-0.2, 0) is 6.42 Å². The summed E-state index contributed by atoms with van der Waals surface area (Å²) in [6.45, 7) is 12.2. The van der Waals surface area contributed by atoms with E-state index in [1.807, 2.05) is 12.2 Å². The van der Waals surface area contributed by atoms with Gasteiger partial charge in [-0.15, -0.1) is 0 Å². The fraction of sp³-hybridized carbons (Fsp3) is 0.176. The molecule has 2 rings (SSSR count). The monoisotopic (exact) mass is 222 g/mol. The Labute approximate surface area is 103 Å². The van der Waals surface area contributed by atoms with E-state index in [-0.39, 0.29) is 0 Å². The van der Waals surface area contributed by atoms with Gasteiger partial charge in [-0.2, -0.15) is 0 Å². The topological polar surface area (TPSA) is 0 Å². The zero-order valence-electron chi connectivity index (χ0n) is 10.6. The van der Waals surface area contributed by atoms with Gasteiger partial charge in [-0.25, -0.2) is 0 Å². The second kappa shape index (κ2) is 4.58. The lowest BCUT2D eigenvalue weighted by molar-refractivity contribution is 1.15. The highest BCUT2D eigenvalue weighted by molar-refractivity contribution is 5.95.